The Balaban J connectivity index is 1.54. The summed E-state index contributed by atoms with van der Waals surface area (Å²) in [5, 5.41) is 3.93. The molecule has 4 rings (SSSR count). The highest BCUT2D eigenvalue weighted by Gasteiger charge is 2.13. The van der Waals surface area contributed by atoms with Crippen LogP contribution in [-0.4, -0.2) is 24.0 Å². The zero-order valence-corrected chi connectivity index (χ0v) is 16.9. The third kappa shape index (κ3) is 3.96. The number of aromatic nitrogens is 1. The first kappa shape index (κ1) is 19.5. The molecule has 0 atom stereocenters. The second-order valence-electron chi connectivity index (χ2n) is 7.17. The van der Waals surface area contributed by atoms with E-state index < -0.39 is 0 Å². The highest BCUT2D eigenvalue weighted by Crippen LogP contribution is 2.26. The van der Waals surface area contributed by atoms with Crippen molar-refractivity contribution in [3.8, 4) is 0 Å². The molecule has 0 saturated heterocycles. The van der Waals surface area contributed by atoms with Crippen molar-refractivity contribution in [3.63, 3.8) is 0 Å². The molecule has 1 heterocycles. The lowest BCUT2D eigenvalue weighted by Gasteiger charge is -2.08. The number of nitrogens with one attached hydrogen (secondary N) is 2. The number of carbonyl (C=O) groups excluding carboxylic acids is 2. The standard InChI is InChI=1S/C25H22N2O3/c1-16-21(22-15-19(25(29)30-2)10-13-23(22)26-16)14-17-8-11-20(12-9-17)27-24(28)18-6-4-3-5-7-18/h3-13,15,26H,14H2,1-2H3,(H,27,28). The van der Waals surface area contributed by atoms with Gasteiger partial charge in [0.25, 0.3) is 5.91 Å². The summed E-state index contributed by atoms with van der Waals surface area (Å²) >= 11 is 0. The van der Waals surface area contributed by atoms with Gasteiger partial charge in [-0.1, -0.05) is 30.3 Å². The number of anilines is 1. The Labute approximate surface area is 174 Å². The van der Waals surface area contributed by atoms with E-state index in [0.717, 1.165) is 33.4 Å². The van der Waals surface area contributed by atoms with Crippen molar-refractivity contribution in [1.82, 2.24) is 4.98 Å². The summed E-state index contributed by atoms with van der Waals surface area (Å²) in [6.07, 6.45) is 0.712. The Morgan fingerprint density at radius 3 is 2.37 bits per heavy atom. The zero-order valence-electron chi connectivity index (χ0n) is 16.9. The van der Waals surface area contributed by atoms with Gasteiger partial charge >= 0.3 is 5.97 Å². The minimum atomic E-state index is -0.347. The lowest BCUT2D eigenvalue weighted by atomic mass is 10.0. The topological polar surface area (TPSA) is 71.2 Å². The van der Waals surface area contributed by atoms with Crippen LogP contribution in [0.4, 0.5) is 5.69 Å². The normalized spacial score (nSPS) is 10.7. The predicted molar refractivity (Wildman–Crippen MR) is 118 cm³/mol. The molecule has 1 amide bonds. The van der Waals surface area contributed by atoms with Crippen molar-refractivity contribution in [2.75, 3.05) is 12.4 Å². The number of aryl methyl sites for hydroxylation is 1. The summed E-state index contributed by atoms with van der Waals surface area (Å²) in [5.74, 6) is -0.480. The van der Waals surface area contributed by atoms with Gasteiger partial charge in [-0.3, -0.25) is 4.79 Å². The van der Waals surface area contributed by atoms with E-state index >= 15 is 0 Å². The number of aromatic amines is 1. The minimum Gasteiger partial charge on any atom is -0.465 e. The van der Waals surface area contributed by atoms with E-state index in [0.29, 0.717) is 17.5 Å². The fraction of sp³-hybridized carbons (Fsp3) is 0.120. The molecule has 0 aliphatic heterocycles. The van der Waals surface area contributed by atoms with Crippen LogP contribution in [0.15, 0.2) is 72.8 Å². The van der Waals surface area contributed by atoms with Crippen LogP contribution in [0, 0.1) is 6.92 Å². The zero-order chi connectivity index (χ0) is 21.1. The van der Waals surface area contributed by atoms with E-state index in [9.17, 15) is 9.59 Å². The molecular weight excluding hydrogens is 376 g/mol. The molecule has 0 aliphatic carbocycles. The molecule has 0 saturated carbocycles. The summed E-state index contributed by atoms with van der Waals surface area (Å²) < 4.78 is 4.84. The first-order valence-electron chi connectivity index (χ1n) is 9.70. The smallest absolute Gasteiger partial charge is 0.337 e. The predicted octanol–water partition coefficient (Wildman–Crippen LogP) is 5.11. The molecule has 0 aliphatic rings. The van der Waals surface area contributed by atoms with Gasteiger partial charge in [-0.05, 0) is 66.9 Å². The van der Waals surface area contributed by atoms with Crippen LogP contribution in [0.1, 0.15) is 37.5 Å². The van der Waals surface area contributed by atoms with Crippen molar-refractivity contribution >= 4 is 28.5 Å². The number of fused-ring (bicyclic) bond motifs is 1. The third-order valence-corrected chi connectivity index (χ3v) is 5.17. The van der Waals surface area contributed by atoms with Gasteiger partial charge in [-0.15, -0.1) is 0 Å². The first-order chi connectivity index (χ1) is 14.5. The maximum absolute atomic E-state index is 12.3. The average Bonchev–Trinajstić information content (AvgIpc) is 3.09. The molecule has 30 heavy (non-hydrogen) atoms. The SMILES string of the molecule is COC(=O)c1ccc2[nH]c(C)c(Cc3ccc(NC(=O)c4ccccc4)cc3)c2c1. The molecular formula is C25H22N2O3. The number of amides is 1. The van der Waals surface area contributed by atoms with E-state index in [-0.39, 0.29) is 11.9 Å². The van der Waals surface area contributed by atoms with Crippen LogP contribution < -0.4 is 5.32 Å². The molecule has 4 aromatic rings. The minimum absolute atomic E-state index is 0.133. The number of esters is 1. The fourth-order valence-electron chi connectivity index (χ4n) is 3.56. The largest absolute Gasteiger partial charge is 0.465 e. The second kappa shape index (κ2) is 8.25. The third-order valence-electron chi connectivity index (χ3n) is 5.17. The Morgan fingerprint density at radius 2 is 1.67 bits per heavy atom. The molecule has 0 bridgehead atoms. The summed E-state index contributed by atoms with van der Waals surface area (Å²) in [7, 11) is 1.38. The summed E-state index contributed by atoms with van der Waals surface area (Å²) in [6, 6.07) is 22.5. The number of H-pyrrole nitrogens is 1. The second-order valence-corrected chi connectivity index (χ2v) is 7.17. The first-order valence-corrected chi connectivity index (χ1v) is 9.70. The van der Waals surface area contributed by atoms with Gasteiger partial charge < -0.3 is 15.0 Å². The lowest BCUT2D eigenvalue weighted by Crippen LogP contribution is -2.11. The van der Waals surface area contributed by atoms with Crippen molar-refractivity contribution in [3.05, 3.63) is 101 Å². The number of rotatable bonds is 5. The molecule has 0 spiro atoms. The molecule has 0 unspecified atom stereocenters. The van der Waals surface area contributed by atoms with Crippen molar-refractivity contribution in [2.45, 2.75) is 13.3 Å². The van der Waals surface area contributed by atoms with E-state index in [1.54, 1.807) is 18.2 Å². The van der Waals surface area contributed by atoms with Crippen molar-refractivity contribution < 1.29 is 14.3 Å². The summed E-state index contributed by atoms with van der Waals surface area (Å²) in [6.45, 7) is 2.03. The van der Waals surface area contributed by atoms with Crippen LogP contribution >= 0.6 is 0 Å². The Kier molecular flexibility index (Phi) is 5.35. The van der Waals surface area contributed by atoms with Gasteiger partial charge in [0, 0.05) is 27.8 Å². The van der Waals surface area contributed by atoms with Gasteiger partial charge in [-0.2, -0.15) is 0 Å². The van der Waals surface area contributed by atoms with Crippen LogP contribution in [-0.2, 0) is 11.2 Å². The summed E-state index contributed by atoms with van der Waals surface area (Å²) in [5.41, 5.74) is 6.20. The number of hydrogen-bond acceptors (Lipinski definition) is 3. The number of benzene rings is 3. The van der Waals surface area contributed by atoms with Crippen molar-refractivity contribution in [1.29, 1.82) is 0 Å². The Morgan fingerprint density at radius 1 is 0.933 bits per heavy atom. The maximum Gasteiger partial charge on any atom is 0.337 e. The van der Waals surface area contributed by atoms with Gasteiger partial charge in [0.1, 0.15) is 0 Å². The molecule has 2 N–H and O–H groups in total. The maximum atomic E-state index is 12.3. The summed E-state index contributed by atoms with van der Waals surface area (Å²) in [4.78, 5) is 27.6. The van der Waals surface area contributed by atoms with Crippen LogP contribution in [0.5, 0.6) is 0 Å². The van der Waals surface area contributed by atoms with Gasteiger partial charge in [0.2, 0.25) is 0 Å². The quantitative estimate of drug-likeness (QED) is 0.459. The highest BCUT2D eigenvalue weighted by molar-refractivity contribution is 6.04. The molecule has 0 radical (unpaired) electrons. The van der Waals surface area contributed by atoms with Crippen molar-refractivity contribution in [2.24, 2.45) is 0 Å². The molecule has 3 aromatic carbocycles. The Bertz CT molecular complexity index is 1210. The number of methoxy groups -OCH3 is 1. The highest BCUT2D eigenvalue weighted by atomic mass is 16.5. The average molecular weight is 398 g/mol. The van der Waals surface area contributed by atoms with E-state index in [1.807, 2.05) is 61.5 Å². The van der Waals surface area contributed by atoms with E-state index in [1.165, 1.54) is 7.11 Å². The monoisotopic (exact) mass is 398 g/mol. The van der Waals surface area contributed by atoms with Gasteiger partial charge in [0.15, 0.2) is 0 Å². The molecule has 150 valence electrons. The molecule has 5 heteroatoms. The number of carbonyl (C=O) groups is 2. The van der Waals surface area contributed by atoms with E-state index in [4.69, 9.17) is 4.74 Å². The number of ether oxygens (including phenoxy) is 1. The van der Waals surface area contributed by atoms with E-state index in [2.05, 4.69) is 10.3 Å². The van der Waals surface area contributed by atoms with Gasteiger partial charge in [0.05, 0.1) is 12.7 Å². The number of hydrogen-bond donors (Lipinski definition) is 2. The Hall–Kier alpha value is -3.86. The molecule has 0 fully saturated rings. The van der Waals surface area contributed by atoms with Crippen LogP contribution in [0.2, 0.25) is 0 Å². The van der Waals surface area contributed by atoms with Gasteiger partial charge in [-0.25, -0.2) is 4.79 Å². The lowest BCUT2D eigenvalue weighted by molar-refractivity contribution is 0.0601. The molecule has 1 aromatic heterocycles. The van der Waals surface area contributed by atoms with Crippen LogP contribution in [0.3, 0.4) is 0 Å². The van der Waals surface area contributed by atoms with Crippen LogP contribution in [0.25, 0.3) is 10.9 Å². The fourth-order valence-corrected chi connectivity index (χ4v) is 3.56. The molecule has 5 nitrogen and oxygen atoms in total.